The summed E-state index contributed by atoms with van der Waals surface area (Å²) in [6.07, 6.45) is 3.10. The molecular formula is C14H28ClN3O2. The zero-order valence-corrected chi connectivity index (χ0v) is 13.8. The number of nitrogens with two attached hydrogens (primary N) is 1. The van der Waals surface area contributed by atoms with E-state index in [9.17, 15) is 9.59 Å². The Kier molecular flexibility index (Phi) is 7.52. The number of halogens is 1. The lowest BCUT2D eigenvalue weighted by atomic mass is 9.95. The van der Waals surface area contributed by atoms with Crippen LogP contribution in [-0.4, -0.2) is 41.9 Å². The molecule has 1 heterocycles. The second-order valence-corrected chi connectivity index (χ2v) is 6.36. The Morgan fingerprint density at radius 2 is 1.95 bits per heavy atom. The molecule has 1 fully saturated rings. The summed E-state index contributed by atoms with van der Waals surface area (Å²) in [5.41, 5.74) is 5.24. The third-order valence-electron chi connectivity index (χ3n) is 3.58. The maximum atomic E-state index is 12.4. The standard InChI is InChI=1S/C14H27N3O2.ClH/c1-10(16-13(19)14(2,3)4)12(18)17-8-6-5-7-11(17)9-15;/h10-11H,5-9,15H2,1-4H3,(H,16,19);1H. The molecular weight excluding hydrogens is 278 g/mol. The molecule has 0 radical (unpaired) electrons. The van der Waals surface area contributed by atoms with Gasteiger partial charge in [-0.2, -0.15) is 0 Å². The Hall–Kier alpha value is -0.810. The van der Waals surface area contributed by atoms with Crippen LogP contribution in [0, 0.1) is 5.41 Å². The first-order valence-corrected chi connectivity index (χ1v) is 7.09. The molecule has 2 unspecified atom stereocenters. The van der Waals surface area contributed by atoms with Crippen molar-refractivity contribution in [3.63, 3.8) is 0 Å². The molecule has 0 aliphatic carbocycles. The average molecular weight is 306 g/mol. The van der Waals surface area contributed by atoms with E-state index in [4.69, 9.17) is 5.73 Å². The Morgan fingerprint density at radius 1 is 1.35 bits per heavy atom. The van der Waals surface area contributed by atoms with Gasteiger partial charge in [-0.25, -0.2) is 0 Å². The lowest BCUT2D eigenvalue weighted by Gasteiger charge is -2.37. The van der Waals surface area contributed by atoms with Crippen LogP contribution in [0.15, 0.2) is 0 Å². The number of rotatable bonds is 3. The molecule has 0 aromatic carbocycles. The number of nitrogens with one attached hydrogen (secondary N) is 1. The molecule has 1 aliphatic rings. The molecule has 0 aromatic heterocycles. The fraction of sp³-hybridized carbons (Fsp3) is 0.857. The molecule has 1 saturated heterocycles. The van der Waals surface area contributed by atoms with Crippen molar-refractivity contribution in [1.82, 2.24) is 10.2 Å². The monoisotopic (exact) mass is 305 g/mol. The predicted molar refractivity (Wildman–Crippen MR) is 82.7 cm³/mol. The van der Waals surface area contributed by atoms with Crippen molar-refractivity contribution >= 4 is 24.2 Å². The van der Waals surface area contributed by atoms with Crippen molar-refractivity contribution in [2.24, 2.45) is 11.1 Å². The van der Waals surface area contributed by atoms with Crippen LogP contribution in [-0.2, 0) is 9.59 Å². The number of carbonyl (C=O) groups is 2. The molecule has 20 heavy (non-hydrogen) atoms. The van der Waals surface area contributed by atoms with E-state index in [1.807, 2.05) is 25.7 Å². The summed E-state index contributed by atoms with van der Waals surface area (Å²) in [5.74, 6) is -0.123. The molecule has 118 valence electrons. The summed E-state index contributed by atoms with van der Waals surface area (Å²) in [4.78, 5) is 26.1. The van der Waals surface area contributed by atoms with Crippen LogP contribution >= 0.6 is 12.4 Å². The van der Waals surface area contributed by atoms with Crippen LogP contribution in [0.4, 0.5) is 0 Å². The first-order valence-electron chi connectivity index (χ1n) is 7.09. The molecule has 0 saturated carbocycles. The highest BCUT2D eigenvalue weighted by atomic mass is 35.5. The van der Waals surface area contributed by atoms with E-state index in [2.05, 4.69) is 5.32 Å². The van der Waals surface area contributed by atoms with Crippen LogP contribution < -0.4 is 11.1 Å². The van der Waals surface area contributed by atoms with Gasteiger partial charge in [-0.3, -0.25) is 9.59 Å². The molecule has 0 spiro atoms. The van der Waals surface area contributed by atoms with Gasteiger partial charge < -0.3 is 16.0 Å². The molecule has 1 rings (SSSR count). The average Bonchev–Trinajstić information content (AvgIpc) is 2.36. The minimum atomic E-state index is -0.487. The van der Waals surface area contributed by atoms with Crippen LogP contribution in [0.5, 0.6) is 0 Å². The van der Waals surface area contributed by atoms with Crippen molar-refractivity contribution in [3.8, 4) is 0 Å². The summed E-state index contributed by atoms with van der Waals surface area (Å²) < 4.78 is 0. The SMILES string of the molecule is CC(NC(=O)C(C)(C)C)C(=O)N1CCCCC1CN.Cl. The second-order valence-electron chi connectivity index (χ2n) is 6.36. The third-order valence-corrected chi connectivity index (χ3v) is 3.58. The van der Waals surface area contributed by atoms with Gasteiger partial charge in [-0.1, -0.05) is 20.8 Å². The molecule has 5 nitrogen and oxygen atoms in total. The van der Waals surface area contributed by atoms with E-state index in [-0.39, 0.29) is 30.3 Å². The van der Waals surface area contributed by atoms with Gasteiger partial charge in [0, 0.05) is 24.5 Å². The Bertz CT molecular complexity index is 342. The van der Waals surface area contributed by atoms with Crippen molar-refractivity contribution in [1.29, 1.82) is 0 Å². The van der Waals surface area contributed by atoms with E-state index >= 15 is 0 Å². The summed E-state index contributed by atoms with van der Waals surface area (Å²) in [5, 5.41) is 2.79. The van der Waals surface area contributed by atoms with Crippen molar-refractivity contribution in [3.05, 3.63) is 0 Å². The van der Waals surface area contributed by atoms with Gasteiger partial charge in [0.2, 0.25) is 11.8 Å². The number of hydrogen-bond donors (Lipinski definition) is 2. The minimum Gasteiger partial charge on any atom is -0.344 e. The smallest absolute Gasteiger partial charge is 0.245 e. The molecule has 1 aliphatic heterocycles. The first-order chi connectivity index (χ1) is 8.77. The van der Waals surface area contributed by atoms with E-state index in [1.165, 1.54) is 0 Å². The summed E-state index contributed by atoms with van der Waals surface area (Å²) in [6.45, 7) is 8.49. The van der Waals surface area contributed by atoms with Gasteiger partial charge in [0.15, 0.2) is 0 Å². The van der Waals surface area contributed by atoms with Crippen molar-refractivity contribution < 1.29 is 9.59 Å². The van der Waals surface area contributed by atoms with Crippen LogP contribution in [0.2, 0.25) is 0 Å². The molecule has 0 aromatic rings. The largest absolute Gasteiger partial charge is 0.344 e. The van der Waals surface area contributed by atoms with E-state index in [0.717, 1.165) is 25.8 Å². The Balaban J connectivity index is 0.00000361. The number of carbonyl (C=O) groups excluding carboxylic acids is 2. The van der Waals surface area contributed by atoms with Gasteiger partial charge in [-0.05, 0) is 26.2 Å². The zero-order chi connectivity index (χ0) is 14.6. The molecule has 2 amide bonds. The van der Waals surface area contributed by atoms with Crippen LogP contribution in [0.1, 0.15) is 47.0 Å². The number of likely N-dealkylation sites (tertiary alicyclic amines) is 1. The number of piperidine rings is 1. The number of hydrogen-bond acceptors (Lipinski definition) is 3. The van der Waals surface area contributed by atoms with E-state index in [1.54, 1.807) is 6.92 Å². The second kappa shape index (κ2) is 7.84. The van der Waals surface area contributed by atoms with Gasteiger partial charge in [-0.15, -0.1) is 12.4 Å². The maximum Gasteiger partial charge on any atom is 0.245 e. The number of nitrogens with zero attached hydrogens (tertiary/aromatic N) is 1. The topological polar surface area (TPSA) is 75.4 Å². The van der Waals surface area contributed by atoms with E-state index < -0.39 is 11.5 Å². The summed E-state index contributed by atoms with van der Waals surface area (Å²) in [6, 6.07) is -0.367. The highest BCUT2D eigenvalue weighted by Crippen LogP contribution is 2.18. The van der Waals surface area contributed by atoms with Gasteiger partial charge in [0.25, 0.3) is 0 Å². The summed E-state index contributed by atoms with van der Waals surface area (Å²) in [7, 11) is 0. The normalized spacial score (nSPS) is 20.9. The quantitative estimate of drug-likeness (QED) is 0.825. The van der Waals surface area contributed by atoms with Gasteiger partial charge >= 0.3 is 0 Å². The van der Waals surface area contributed by atoms with Crippen molar-refractivity contribution in [2.45, 2.75) is 59.0 Å². The Morgan fingerprint density at radius 3 is 2.45 bits per heavy atom. The van der Waals surface area contributed by atoms with Crippen molar-refractivity contribution in [2.75, 3.05) is 13.1 Å². The molecule has 3 N–H and O–H groups in total. The zero-order valence-electron chi connectivity index (χ0n) is 12.9. The first kappa shape index (κ1) is 19.2. The lowest BCUT2D eigenvalue weighted by molar-refractivity contribution is -0.140. The molecule has 6 heteroatoms. The predicted octanol–water partition coefficient (Wildman–Crippen LogP) is 1.30. The highest BCUT2D eigenvalue weighted by Gasteiger charge is 2.31. The highest BCUT2D eigenvalue weighted by molar-refractivity contribution is 5.89. The fourth-order valence-electron chi connectivity index (χ4n) is 2.26. The van der Waals surface area contributed by atoms with Crippen LogP contribution in [0.3, 0.4) is 0 Å². The number of amides is 2. The maximum absolute atomic E-state index is 12.4. The van der Waals surface area contributed by atoms with Gasteiger partial charge in [0.05, 0.1) is 0 Å². The minimum absolute atomic E-state index is 0. The van der Waals surface area contributed by atoms with E-state index in [0.29, 0.717) is 6.54 Å². The molecule has 2 atom stereocenters. The Labute approximate surface area is 128 Å². The van der Waals surface area contributed by atoms with Crippen LogP contribution in [0.25, 0.3) is 0 Å². The summed E-state index contributed by atoms with van der Waals surface area (Å²) >= 11 is 0. The molecule has 0 bridgehead atoms. The third kappa shape index (κ3) is 4.94. The van der Waals surface area contributed by atoms with Gasteiger partial charge in [0.1, 0.15) is 6.04 Å². The lowest BCUT2D eigenvalue weighted by Crippen LogP contribution is -2.55. The fourth-order valence-corrected chi connectivity index (χ4v) is 2.26.